The van der Waals surface area contributed by atoms with Crippen molar-refractivity contribution in [1.82, 2.24) is 49.8 Å². The fourth-order valence-corrected chi connectivity index (χ4v) is 16.8. The average Bonchev–Trinajstić information content (AvgIpc) is 1.57. The summed E-state index contributed by atoms with van der Waals surface area (Å²) in [5.74, 6) is -1.62. The molecule has 0 spiro atoms. The number of carboxylic acid groups (broad SMARTS) is 1. The largest absolute Gasteiger partial charge is 0.489 e. The molecule has 2 fully saturated rings. The lowest BCUT2D eigenvalue weighted by molar-refractivity contribution is -0.141. The molecule has 0 unspecified atom stereocenters. The molecule has 7 aromatic carbocycles. The second kappa shape index (κ2) is 53.3. The fraction of sp³-hybridized carbons (Fsp3) is 0.255. The summed E-state index contributed by atoms with van der Waals surface area (Å²) in [5.41, 5.74) is 7.89. The molecule has 8 amide bonds. The maximum atomic E-state index is 12.8. The molecule has 16 rings (SSSR count). The quantitative estimate of drug-likeness (QED) is 0.00951. The minimum atomic E-state index is -0.899. The number of thioether (sulfide) groups is 1. The van der Waals surface area contributed by atoms with Crippen LogP contribution in [0.15, 0.2) is 273 Å². The molecule has 2 saturated heterocycles. The number of nitrogens with zero attached hydrogens (tertiary/aromatic N) is 8. The Morgan fingerprint density at radius 3 is 1.83 bits per heavy atom. The van der Waals surface area contributed by atoms with Gasteiger partial charge in [-0.25, -0.2) is 19.4 Å². The Labute approximate surface area is 865 Å². The first kappa shape index (κ1) is 110. The fourth-order valence-electron chi connectivity index (χ4n) is 15.4. The van der Waals surface area contributed by atoms with E-state index >= 15 is 0 Å². The number of morpholine rings is 1. The zero-order valence-corrected chi connectivity index (χ0v) is 84.5. The van der Waals surface area contributed by atoms with Gasteiger partial charge in [-0.05, 0) is 216 Å². The van der Waals surface area contributed by atoms with E-state index in [1.807, 2.05) is 148 Å². The molecule has 0 radical (unpaired) electrons. The number of aliphatic carboxylic acids is 1. The second-order valence-electron chi connectivity index (χ2n) is 33.9. The number of hydrogen-bond donors (Lipinski definition) is 7. The highest BCUT2D eigenvalue weighted by atomic mass is 35.5. The van der Waals surface area contributed by atoms with Crippen LogP contribution in [0.1, 0.15) is 140 Å². The number of aliphatic hydroxyl groups is 1. The number of hydrogen-bond acceptors (Lipinski definition) is 26. The second-order valence-corrected chi connectivity index (χ2v) is 35.8. The number of carboxylic acids is 1. The van der Waals surface area contributed by atoms with Crippen LogP contribution in [0.5, 0.6) is 5.75 Å². The van der Waals surface area contributed by atoms with Crippen LogP contribution in [-0.4, -0.2) is 194 Å². The van der Waals surface area contributed by atoms with Crippen LogP contribution in [0.25, 0.3) is 52.0 Å². The number of amides is 8. The molecular formula is C110H107Cl2N13O22S. The zero-order valence-electron chi connectivity index (χ0n) is 82.2. The number of aromatic nitrogens is 4. The highest BCUT2D eigenvalue weighted by molar-refractivity contribution is 7.99. The van der Waals surface area contributed by atoms with Crippen molar-refractivity contribution in [2.75, 3.05) is 89.9 Å². The molecule has 9 heterocycles. The van der Waals surface area contributed by atoms with Crippen molar-refractivity contribution in [3.63, 3.8) is 0 Å². The van der Waals surface area contributed by atoms with Crippen molar-refractivity contribution < 1.29 is 95.2 Å². The lowest BCUT2D eigenvalue weighted by Gasteiger charge is -2.31. The molecule has 4 aliphatic rings. The maximum absolute atomic E-state index is 12.8. The number of likely N-dealkylation sites (tertiary alicyclic amines) is 1. The molecule has 4 aliphatic heterocycles. The lowest BCUT2D eigenvalue weighted by atomic mass is 9.95. The highest BCUT2D eigenvalue weighted by Gasteiger charge is 2.37. The van der Waals surface area contributed by atoms with E-state index < -0.39 is 59.4 Å². The van der Waals surface area contributed by atoms with Crippen molar-refractivity contribution in [1.29, 1.82) is 10.5 Å². The number of piperidine rings is 1. The van der Waals surface area contributed by atoms with Gasteiger partial charge >= 0.3 is 23.6 Å². The van der Waals surface area contributed by atoms with E-state index in [1.54, 1.807) is 115 Å². The number of furan rings is 3. The molecule has 38 heteroatoms. The third-order valence-corrected chi connectivity index (χ3v) is 25.1. The first-order valence-electron chi connectivity index (χ1n) is 47.1. The Kier molecular flexibility index (Phi) is 39.7. The number of imide groups is 2. The molecule has 148 heavy (non-hydrogen) atoms. The van der Waals surface area contributed by atoms with Crippen LogP contribution in [0, 0.1) is 49.4 Å². The Morgan fingerprint density at radius 1 is 0.635 bits per heavy atom. The summed E-state index contributed by atoms with van der Waals surface area (Å²) in [7, 11) is 1.54. The van der Waals surface area contributed by atoms with Crippen molar-refractivity contribution >= 4 is 135 Å². The summed E-state index contributed by atoms with van der Waals surface area (Å²) in [6, 6.07) is 65.1. The monoisotopic (exact) mass is 2060 g/mol. The number of β-amino-alcohol motifs (C(OH)–C–C–N with tert-alkyl or cyclic N) is 1. The van der Waals surface area contributed by atoms with Crippen molar-refractivity contribution in [2.45, 2.75) is 92.5 Å². The van der Waals surface area contributed by atoms with E-state index in [0.717, 1.165) is 69.5 Å². The first-order chi connectivity index (χ1) is 71.2. The van der Waals surface area contributed by atoms with Crippen molar-refractivity contribution in [3.8, 4) is 40.5 Å². The van der Waals surface area contributed by atoms with Gasteiger partial charge < -0.3 is 67.8 Å². The summed E-state index contributed by atoms with van der Waals surface area (Å²) in [5, 5.41) is 48.2. The number of imidazole rings is 1. The van der Waals surface area contributed by atoms with E-state index in [0.29, 0.717) is 127 Å². The Balaban J connectivity index is 0.000000165. The summed E-state index contributed by atoms with van der Waals surface area (Å²) in [6.07, 6.45) is 6.41. The number of fused-ring (bicyclic) bond motifs is 1. The summed E-state index contributed by atoms with van der Waals surface area (Å²) in [6.45, 7) is 18.7. The van der Waals surface area contributed by atoms with E-state index in [1.165, 1.54) is 55.5 Å². The maximum Gasteiger partial charge on any atom is 0.339 e. The number of halogens is 2. The Morgan fingerprint density at radius 2 is 1.24 bits per heavy atom. The number of carbonyl (C=O) groups excluding carboxylic acids is 10. The van der Waals surface area contributed by atoms with Crippen LogP contribution < -0.4 is 37.3 Å². The number of carbonyl (C=O) groups is 11. The number of aliphatic hydroxyl groups excluding tert-OH is 1. The van der Waals surface area contributed by atoms with Gasteiger partial charge in [0.2, 0.25) is 5.91 Å². The van der Waals surface area contributed by atoms with Crippen molar-refractivity contribution in [3.05, 3.63) is 344 Å². The van der Waals surface area contributed by atoms with Gasteiger partial charge in [-0.3, -0.25) is 72.6 Å². The van der Waals surface area contributed by atoms with Crippen LogP contribution in [0.4, 0.5) is 5.69 Å². The van der Waals surface area contributed by atoms with Crippen LogP contribution in [0.2, 0.25) is 10.0 Å². The van der Waals surface area contributed by atoms with E-state index in [9.17, 15) is 72.7 Å². The molecule has 764 valence electrons. The minimum Gasteiger partial charge on any atom is -0.489 e. The molecule has 0 saturated carbocycles. The Bertz CT molecular complexity index is 7310. The van der Waals surface area contributed by atoms with E-state index in [4.69, 9.17) is 65.8 Å². The highest BCUT2D eigenvalue weighted by Crippen LogP contribution is 2.35. The van der Waals surface area contributed by atoms with Gasteiger partial charge in [0.1, 0.15) is 75.9 Å². The summed E-state index contributed by atoms with van der Waals surface area (Å²) in [4.78, 5) is 171. The topological polar surface area (TPSA) is 483 Å². The summed E-state index contributed by atoms with van der Waals surface area (Å²) >= 11 is 13.5. The Hall–Kier alpha value is -16.6. The van der Waals surface area contributed by atoms with Crippen molar-refractivity contribution in [2.24, 2.45) is 13.0 Å². The first-order valence-corrected chi connectivity index (χ1v) is 48.9. The van der Waals surface area contributed by atoms with Crippen LogP contribution >= 0.6 is 35.0 Å². The van der Waals surface area contributed by atoms with Gasteiger partial charge in [0, 0.05) is 103 Å². The number of aryl methyl sites for hydroxylation is 4. The number of rotatable bonds is 30. The normalized spacial score (nSPS) is 14.3. The third-order valence-electron chi connectivity index (χ3n) is 23.5. The molecule has 7 N–H and O–H groups in total. The zero-order chi connectivity index (χ0) is 106. The van der Waals surface area contributed by atoms with Gasteiger partial charge in [0.15, 0.2) is 16.3 Å². The number of aromatic amines is 1. The average molecular weight is 2070 g/mol. The van der Waals surface area contributed by atoms with Gasteiger partial charge in [-0.1, -0.05) is 138 Å². The molecule has 0 aliphatic carbocycles. The number of benzene rings is 7. The van der Waals surface area contributed by atoms with Gasteiger partial charge in [-0.15, -0.1) is 0 Å². The molecule has 12 aromatic rings. The van der Waals surface area contributed by atoms with Crippen LogP contribution in [-0.2, 0) is 68.0 Å². The number of anilines is 1. The molecular weight excluding hydrogens is 1960 g/mol. The predicted molar refractivity (Wildman–Crippen MR) is 554 cm³/mol. The third kappa shape index (κ3) is 29.6. The van der Waals surface area contributed by atoms with Crippen LogP contribution in [0.3, 0.4) is 0 Å². The number of nitrogens with one attached hydrogen (secondary N) is 5. The van der Waals surface area contributed by atoms with Gasteiger partial charge in [0.05, 0.1) is 73.7 Å². The smallest absolute Gasteiger partial charge is 0.339 e. The van der Waals surface area contributed by atoms with Gasteiger partial charge in [-0.2, -0.15) is 10.5 Å². The standard InChI is InChI=1S/C27H28N2O3.C24H21ClN2O6.C21H15ClN2O5.C21H25N3O4.C17H18N4O4S/c1-20-7-5-6-10-25(20)27(31)29-17-15-22(16-18-29)26(30)28-23-11-13-24(14-12-23)32-19-21-8-3-2-4-9-21;1-3-10-32-24(31)18-11-15(4-6-20(18)25)21-7-5-16(33-21)12-17-14(2)19(13-26)23(30)27(8-9-28)22(17)29;1-3-28-21(27)15-8-12(4-6-17(15)22)18-7-5-13(29-18)9-14-11(2)16(10-23)20(26)24-19(14)25;1-16-7-8-18(28-16)15-19(23-20(25)17-5-3-2-4-6-17)21(26)22-9-10-24-11-13-27-14-12-24;1-10-3-5-11(6-4-10)9-21-13-14(20(2)16(25)19-15(13)24)18-17(21)26-8-7-12(22)23/h2-14,22H,15-19H2,1H3,(H,28,30);4-7,11-12,28H,3,8-10H2,1-2H3;4-9H,3H2,1-2H3,(H,24,25,26);2-8,15H,9-14H2,1H3,(H,22,26)(H,23,25);3-6H,7-9H2,1-2H3,(H,22,23)(H,19,24,25)/b;17-12-;14-9+;19-15-;. The number of nitriles is 2. The molecule has 5 aromatic heterocycles. The number of ether oxygens (including phenoxy) is 4. The number of esters is 2. The molecule has 0 atom stereocenters. The molecule has 0 bridgehead atoms. The number of H-pyrrole nitrogens is 1. The van der Waals surface area contributed by atoms with E-state index in [2.05, 4.69) is 36.1 Å². The molecule has 35 nitrogen and oxygen atoms in total. The minimum absolute atomic E-state index is 0.00550. The van der Waals surface area contributed by atoms with E-state index in [-0.39, 0.29) is 122 Å². The SMILES string of the molecule is CCCOC(=O)c1cc(-c2ccc(/C=C3\C(=O)N(CCO)C(=O)C(C#N)=C3C)o2)ccc1Cl.CCOC(=O)c1cc(-c2ccc(/C=C3/C(=O)NC(=O)C(C#N)=C3C)o2)ccc1Cl.Cc1ccc(/C=C(\NC(=O)c2ccccc2)C(=O)NCCN2CCOCC2)o1.Cc1ccc(Cn2c(SCCC(=O)O)nc3c2c(=O)[nH]c(=O)n3C)cc1.Cc1ccccc1C(=O)N1CCC(C(=O)Nc2ccc(OCc3ccccc3)cc2)CC1. The predicted octanol–water partition coefficient (Wildman–Crippen LogP) is 15.6. The summed E-state index contributed by atoms with van der Waals surface area (Å²) < 4.78 is 41.4. The lowest BCUT2D eigenvalue weighted by Crippen LogP contribution is -2.44. The van der Waals surface area contributed by atoms with Gasteiger partial charge in [0.25, 0.3) is 46.9 Å².